The number of pyridine rings is 1. The standard InChI is InChI=1S/C22H29N5O2/c1-23-22(24-13-18-9-6-10-21(25-18)28-2)27-15-19-20(16-27)29-12-11-26(19)14-17-7-4-3-5-8-17/h3-10,19-20H,11-16H2,1-2H3,(H,23,24). The monoisotopic (exact) mass is 395 g/mol. The van der Waals surface area contributed by atoms with Gasteiger partial charge in [0.15, 0.2) is 5.96 Å². The van der Waals surface area contributed by atoms with Gasteiger partial charge >= 0.3 is 0 Å². The molecule has 2 aliphatic rings. The number of morpholine rings is 1. The predicted molar refractivity (Wildman–Crippen MR) is 113 cm³/mol. The molecule has 0 bridgehead atoms. The van der Waals surface area contributed by atoms with Crippen LogP contribution in [-0.4, -0.2) is 73.3 Å². The summed E-state index contributed by atoms with van der Waals surface area (Å²) in [5.41, 5.74) is 2.27. The van der Waals surface area contributed by atoms with Gasteiger partial charge < -0.3 is 19.7 Å². The molecule has 154 valence electrons. The number of nitrogens with zero attached hydrogens (tertiary/aromatic N) is 4. The van der Waals surface area contributed by atoms with Gasteiger partial charge in [0, 0.05) is 39.3 Å². The van der Waals surface area contributed by atoms with Crippen molar-refractivity contribution in [1.82, 2.24) is 20.1 Å². The van der Waals surface area contributed by atoms with Crippen molar-refractivity contribution in [2.45, 2.75) is 25.2 Å². The van der Waals surface area contributed by atoms with E-state index in [1.165, 1.54) is 5.56 Å². The number of methoxy groups -OCH3 is 1. The van der Waals surface area contributed by atoms with Gasteiger partial charge in [-0.25, -0.2) is 4.98 Å². The largest absolute Gasteiger partial charge is 0.481 e. The normalized spacial score (nSPS) is 22.4. The van der Waals surface area contributed by atoms with Crippen LogP contribution in [-0.2, 0) is 17.8 Å². The zero-order valence-electron chi connectivity index (χ0n) is 17.1. The third-order valence-electron chi connectivity index (χ3n) is 5.57. The van der Waals surface area contributed by atoms with Gasteiger partial charge in [-0.15, -0.1) is 0 Å². The van der Waals surface area contributed by atoms with Crippen molar-refractivity contribution < 1.29 is 9.47 Å². The Hall–Kier alpha value is -2.64. The number of benzene rings is 1. The molecule has 0 spiro atoms. The number of aliphatic imine (C=N–C) groups is 1. The molecule has 2 saturated heterocycles. The van der Waals surface area contributed by atoms with Crippen LogP contribution in [0.3, 0.4) is 0 Å². The molecular formula is C22H29N5O2. The predicted octanol–water partition coefficient (Wildman–Crippen LogP) is 1.75. The molecule has 2 aliphatic heterocycles. The van der Waals surface area contributed by atoms with E-state index in [1.54, 1.807) is 7.11 Å². The molecule has 1 N–H and O–H groups in total. The van der Waals surface area contributed by atoms with Crippen LogP contribution in [0.5, 0.6) is 5.88 Å². The number of rotatable bonds is 5. The lowest BCUT2D eigenvalue weighted by Crippen LogP contribution is -2.50. The Labute approximate surface area is 172 Å². The molecule has 0 amide bonds. The minimum absolute atomic E-state index is 0.209. The molecule has 2 atom stereocenters. The summed E-state index contributed by atoms with van der Waals surface area (Å²) in [5, 5.41) is 3.44. The summed E-state index contributed by atoms with van der Waals surface area (Å²) < 4.78 is 11.3. The lowest BCUT2D eigenvalue weighted by Gasteiger charge is -2.36. The third kappa shape index (κ3) is 4.68. The van der Waals surface area contributed by atoms with Gasteiger partial charge in [0.2, 0.25) is 5.88 Å². The van der Waals surface area contributed by atoms with E-state index in [4.69, 9.17) is 9.47 Å². The highest BCUT2D eigenvalue weighted by atomic mass is 16.5. The molecule has 0 saturated carbocycles. The maximum Gasteiger partial charge on any atom is 0.213 e. The minimum Gasteiger partial charge on any atom is -0.481 e. The Morgan fingerprint density at radius 2 is 2.07 bits per heavy atom. The molecule has 2 aromatic rings. The van der Waals surface area contributed by atoms with Gasteiger partial charge in [0.25, 0.3) is 0 Å². The van der Waals surface area contributed by atoms with Gasteiger partial charge in [-0.2, -0.15) is 0 Å². The Kier molecular flexibility index (Phi) is 6.27. The number of guanidine groups is 1. The fraction of sp³-hybridized carbons (Fsp3) is 0.455. The van der Waals surface area contributed by atoms with Crippen molar-refractivity contribution in [3.63, 3.8) is 0 Å². The average molecular weight is 396 g/mol. The van der Waals surface area contributed by atoms with Gasteiger partial charge in [-0.1, -0.05) is 36.4 Å². The van der Waals surface area contributed by atoms with Crippen LogP contribution in [0.25, 0.3) is 0 Å². The first-order valence-corrected chi connectivity index (χ1v) is 10.1. The molecule has 1 aromatic heterocycles. The van der Waals surface area contributed by atoms with Gasteiger partial charge in [0.1, 0.15) is 0 Å². The number of likely N-dealkylation sites (tertiary alicyclic amines) is 1. The molecule has 0 radical (unpaired) electrons. The SMILES string of the molecule is CN=C(NCc1cccc(OC)n1)N1CC2OCCN(Cc3ccccc3)C2C1. The summed E-state index contributed by atoms with van der Waals surface area (Å²) in [6.07, 6.45) is 0.209. The van der Waals surface area contributed by atoms with E-state index in [9.17, 15) is 0 Å². The van der Waals surface area contributed by atoms with Gasteiger partial charge in [-0.05, 0) is 11.6 Å². The minimum atomic E-state index is 0.209. The first-order valence-electron chi connectivity index (χ1n) is 10.1. The first-order chi connectivity index (χ1) is 14.3. The maximum absolute atomic E-state index is 6.09. The van der Waals surface area contributed by atoms with Crippen LogP contribution in [0.15, 0.2) is 53.5 Å². The summed E-state index contributed by atoms with van der Waals surface area (Å²) in [6, 6.07) is 16.8. The molecule has 7 heteroatoms. The Balaban J connectivity index is 1.38. The second kappa shape index (κ2) is 9.24. The van der Waals surface area contributed by atoms with Crippen molar-refractivity contribution >= 4 is 5.96 Å². The molecule has 1 aromatic carbocycles. The Bertz CT molecular complexity index is 829. The highest BCUT2D eigenvalue weighted by Gasteiger charge is 2.41. The Morgan fingerprint density at radius 1 is 1.21 bits per heavy atom. The van der Waals surface area contributed by atoms with E-state index in [0.29, 0.717) is 18.5 Å². The summed E-state index contributed by atoms with van der Waals surface area (Å²) in [7, 11) is 3.46. The van der Waals surface area contributed by atoms with Crippen molar-refractivity contribution in [2.75, 3.05) is 40.4 Å². The smallest absolute Gasteiger partial charge is 0.213 e. The highest BCUT2D eigenvalue weighted by Crippen LogP contribution is 2.24. The number of hydrogen-bond donors (Lipinski definition) is 1. The number of nitrogens with one attached hydrogen (secondary N) is 1. The second-order valence-electron chi connectivity index (χ2n) is 7.41. The topological polar surface area (TPSA) is 62.2 Å². The average Bonchev–Trinajstić information content (AvgIpc) is 3.20. The number of aromatic nitrogens is 1. The summed E-state index contributed by atoms with van der Waals surface area (Å²) in [5.74, 6) is 1.50. The quantitative estimate of drug-likeness (QED) is 0.615. The lowest BCUT2D eigenvalue weighted by molar-refractivity contribution is -0.0502. The van der Waals surface area contributed by atoms with Crippen LogP contribution in [0, 0.1) is 0 Å². The summed E-state index contributed by atoms with van der Waals surface area (Å²) >= 11 is 0. The fourth-order valence-electron chi connectivity index (χ4n) is 4.12. The van der Waals surface area contributed by atoms with Crippen molar-refractivity contribution in [1.29, 1.82) is 0 Å². The molecule has 4 rings (SSSR count). The second-order valence-corrected chi connectivity index (χ2v) is 7.41. The fourth-order valence-corrected chi connectivity index (χ4v) is 4.12. The number of ether oxygens (including phenoxy) is 2. The van der Waals surface area contributed by atoms with Crippen LogP contribution < -0.4 is 10.1 Å². The molecule has 29 heavy (non-hydrogen) atoms. The first kappa shape index (κ1) is 19.7. The summed E-state index contributed by atoms with van der Waals surface area (Å²) in [6.45, 7) is 5.05. The molecule has 0 aliphatic carbocycles. The Morgan fingerprint density at radius 3 is 2.86 bits per heavy atom. The van der Waals surface area contributed by atoms with E-state index in [1.807, 2.05) is 25.2 Å². The highest BCUT2D eigenvalue weighted by molar-refractivity contribution is 5.80. The van der Waals surface area contributed by atoms with E-state index >= 15 is 0 Å². The maximum atomic E-state index is 6.09. The number of hydrogen-bond acceptors (Lipinski definition) is 5. The number of fused-ring (bicyclic) bond motifs is 1. The zero-order chi connectivity index (χ0) is 20.1. The zero-order valence-corrected chi connectivity index (χ0v) is 17.1. The molecule has 3 heterocycles. The van der Waals surface area contributed by atoms with Gasteiger partial charge in [-0.3, -0.25) is 9.89 Å². The van der Waals surface area contributed by atoms with Crippen LogP contribution in [0.4, 0.5) is 0 Å². The molecular weight excluding hydrogens is 366 g/mol. The molecule has 7 nitrogen and oxygen atoms in total. The van der Waals surface area contributed by atoms with Crippen LogP contribution >= 0.6 is 0 Å². The van der Waals surface area contributed by atoms with E-state index < -0.39 is 0 Å². The van der Waals surface area contributed by atoms with E-state index in [2.05, 4.69) is 55.4 Å². The van der Waals surface area contributed by atoms with Crippen molar-refractivity contribution in [3.05, 3.63) is 59.8 Å². The summed E-state index contributed by atoms with van der Waals surface area (Å²) in [4.78, 5) is 13.8. The van der Waals surface area contributed by atoms with E-state index in [0.717, 1.165) is 44.4 Å². The third-order valence-corrected chi connectivity index (χ3v) is 5.57. The molecule has 2 unspecified atom stereocenters. The van der Waals surface area contributed by atoms with Crippen LogP contribution in [0.1, 0.15) is 11.3 Å². The lowest BCUT2D eigenvalue weighted by atomic mass is 10.1. The van der Waals surface area contributed by atoms with E-state index in [-0.39, 0.29) is 6.10 Å². The van der Waals surface area contributed by atoms with Crippen LogP contribution in [0.2, 0.25) is 0 Å². The van der Waals surface area contributed by atoms with Crippen molar-refractivity contribution in [2.24, 2.45) is 4.99 Å². The molecule has 2 fully saturated rings. The van der Waals surface area contributed by atoms with Crippen molar-refractivity contribution in [3.8, 4) is 5.88 Å². The van der Waals surface area contributed by atoms with Gasteiger partial charge in [0.05, 0.1) is 38.1 Å².